The molecular formula is C17H18N2O2. The van der Waals surface area contributed by atoms with Crippen molar-refractivity contribution in [1.29, 1.82) is 0 Å². The van der Waals surface area contributed by atoms with E-state index in [1.807, 2.05) is 49.4 Å². The number of hydrogen-bond acceptors (Lipinski definition) is 4. The highest BCUT2D eigenvalue weighted by Crippen LogP contribution is 2.23. The third kappa shape index (κ3) is 3.06. The summed E-state index contributed by atoms with van der Waals surface area (Å²) in [4.78, 5) is 4.51. The average molecular weight is 282 g/mol. The van der Waals surface area contributed by atoms with E-state index in [-0.39, 0.29) is 6.04 Å². The zero-order valence-electron chi connectivity index (χ0n) is 12.2. The lowest BCUT2D eigenvalue weighted by Crippen LogP contribution is -2.07. The number of oxazole rings is 1. The van der Waals surface area contributed by atoms with Gasteiger partial charge in [-0.3, -0.25) is 0 Å². The number of aromatic nitrogens is 1. The molecule has 1 unspecified atom stereocenters. The quantitative estimate of drug-likeness (QED) is 0.763. The molecule has 3 rings (SSSR count). The highest BCUT2D eigenvalue weighted by atomic mass is 16.5. The first kappa shape index (κ1) is 13.6. The van der Waals surface area contributed by atoms with Gasteiger partial charge < -0.3 is 14.5 Å². The Morgan fingerprint density at radius 2 is 2.05 bits per heavy atom. The Balaban J connectivity index is 1.79. The molecule has 0 aliphatic rings. The van der Waals surface area contributed by atoms with Crippen molar-refractivity contribution in [2.45, 2.75) is 19.6 Å². The van der Waals surface area contributed by atoms with Crippen LogP contribution in [0.5, 0.6) is 0 Å². The van der Waals surface area contributed by atoms with Crippen LogP contribution < -0.4 is 5.32 Å². The number of anilines is 1. The molecule has 1 N–H and O–H groups in total. The molecule has 1 atom stereocenters. The second-order valence-corrected chi connectivity index (χ2v) is 5.02. The molecule has 1 heterocycles. The summed E-state index contributed by atoms with van der Waals surface area (Å²) in [5.74, 6) is 0.688. The van der Waals surface area contributed by atoms with Crippen molar-refractivity contribution >= 4 is 16.8 Å². The van der Waals surface area contributed by atoms with E-state index in [2.05, 4.69) is 16.4 Å². The van der Waals surface area contributed by atoms with Gasteiger partial charge >= 0.3 is 0 Å². The molecule has 0 aliphatic heterocycles. The molecular weight excluding hydrogens is 264 g/mol. The van der Waals surface area contributed by atoms with Crippen LogP contribution in [0.3, 0.4) is 0 Å². The lowest BCUT2D eigenvalue weighted by atomic mass is 10.2. The van der Waals surface area contributed by atoms with Crippen LogP contribution in [0, 0.1) is 0 Å². The Bertz CT molecular complexity index is 703. The summed E-state index contributed by atoms with van der Waals surface area (Å²) in [7, 11) is 1.70. The third-order valence-corrected chi connectivity index (χ3v) is 3.30. The lowest BCUT2D eigenvalue weighted by molar-refractivity contribution is 0.185. The largest absolute Gasteiger partial charge is 0.438 e. The molecule has 0 radical (unpaired) electrons. The molecule has 108 valence electrons. The molecule has 0 fully saturated rings. The van der Waals surface area contributed by atoms with Crippen LogP contribution in [-0.4, -0.2) is 12.1 Å². The summed E-state index contributed by atoms with van der Waals surface area (Å²) in [5.41, 5.74) is 3.86. The zero-order chi connectivity index (χ0) is 14.7. The van der Waals surface area contributed by atoms with Crippen LogP contribution in [0.25, 0.3) is 11.1 Å². The van der Waals surface area contributed by atoms with Gasteiger partial charge in [0.25, 0.3) is 0 Å². The Labute approximate surface area is 123 Å². The van der Waals surface area contributed by atoms with Crippen molar-refractivity contribution in [3.8, 4) is 0 Å². The molecule has 0 amide bonds. The number of para-hydroxylation sites is 2. The number of fused-ring (bicyclic) bond motifs is 1. The number of benzene rings is 2. The van der Waals surface area contributed by atoms with Gasteiger partial charge in [0.15, 0.2) is 5.58 Å². The van der Waals surface area contributed by atoms with Gasteiger partial charge in [0.05, 0.1) is 6.61 Å². The minimum Gasteiger partial charge on any atom is -0.438 e. The maximum Gasteiger partial charge on any atom is 0.217 e. The van der Waals surface area contributed by atoms with Crippen LogP contribution in [0.4, 0.5) is 5.69 Å². The van der Waals surface area contributed by atoms with E-state index in [4.69, 9.17) is 9.15 Å². The van der Waals surface area contributed by atoms with E-state index in [1.54, 1.807) is 7.11 Å². The minimum atomic E-state index is -0.00445. The molecule has 0 saturated carbocycles. The van der Waals surface area contributed by atoms with Gasteiger partial charge in [0.1, 0.15) is 11.6 Å². The van der Waals surface area contributed by atoms with Gasteiger partial charge in [-0.05, 0) is 36.8 Å². The van der Waals surface area contributed by atoms with Crippen LogP contribution in [0.1, 0.15) is 24.4 Å². The summed E-state index contributed by atoms with van der Waals surface area (Å²) in [6.45, 7) is 2.64. The standard InChI is InChI=1S/C17H18N2O2/c1-12(17-19-15-8-3-4-9-16(15)21-17)18-14-7-5-6-13(10-14)11-20-2/h3-10,12,18H,11H2,1-2H3. The van der Waals surface area contributed by atoms with E-state index in [0.717, 1.165) is 22.4 Å². The second-order valence-electron chi connectivity index (χ2n) is 5.02. The molecule has 4 heteroatoms. The fourth-order valence-corrected chi connectivity index (χ4v) is 2.30. The van der Waals surface area contributed by atoms with E-state index in [0.29, 0.717) is 12.5 Å². The highest BCUT2D eigenvalue weighted by Gasteiger charge is 2.13. The topological polar surface area (TPSA) is 47.3 Å². The van der Waals surface area contributed by atoms with Gasteiger partial charge in [-0.25, -0.2) is 4.98 Å². The van der Waals surface area contributed by atoms with E-state index < -0.39 is 0 Å². The molecule has 0 aliphatic carbocycles. The molecule has 21 heavy (non-hydrogen) atoms. The van der Waals surface area contributed by atoms with E-state index in [9.17, 15) is 0 Å². The van der Waals surface area contributed by atoms with Crippen LogP contribution in [-0.2, 0) is 11.3 Å². The first-order valence-corrected chi connectivity index (χ1v) is 6.96. The van der Waals surface area contributed by atoms with Gasteiger partial charge in [0, 0.05) is 12.8 Å². The normalized spacial score (nSPS) is 12.5. The maximum absolute atomic E-state index is 5.78. The van der Waals surface area contributed by atoms with Crippen molar-refractivity contribution < 1.29 is 9.15 Å². The monoisotopic (exact) mass is 282 g/mol. The molecule has 3 aromatic rings. The van der Waals surface area contributed by atoms with Gasteiger partial charge in [-0.2, -0.15) is 0 Å². The van der Waals surface area contributed by atoms with Crippen molar-refractivity contribution in [1.82, 2.24) is 4.98 Å². The smallest absolute Gasteiger partial charge is 0.217 e. The number of rotatable bonds is 5. The fraction of sp³-hybridized carbons (Fsp3) is 0.235. The molecule has 1 aromatic heterocycles. The number of hydrogen-bond donors (Lipinski definition) is 1. The minimum absolute atomic E-state index is 0.00445. The Morgan fingerprint density at radius 1 is 1.19 bits per heavy atom. The summed E-state index contributed by atoms with van der Waals surface area (Å²) < 4.78 is 10.9. The van der Waals surface area contributed by atoms with E-state index in [1.165, 1.54) is 0 Å². The number of ether oxygens (including phenoxy) is 1. The number of nitrogens with zero attached hydrogens (tertiary/aromatic N) is 1. The summed E-state index contributed by atoms with van der Waals surface area (Å²) >= 11 is 0. The van der Waals surface area contributed by atoms with Crippen molar-refractivity contribution in [3.05, 3.63) is 60.0 Å². The first-order chi connectivity index (χ1) is 10.3. The molecule has 0 bridgehead atoms. The molecule has 4 nitrogen and oxygen atoms in total. The summed E-state index contributed by atoms with van der Waals surface area (Å²) in [6, 6.07) is 15.9. The fourth-order valence-electron chi connectivity index (χ4n) is 2.30. The van der Waals surface area contributed by atoms with Gasteiger partial charge in [-0.1, -0.05) is 24.3 Å². The summed E-state index contributed by atoms with van der Waals surface area (Å²) in [6.07, 6.45) is 0. The van der Waals surface area contributed by atoms with Crippen LogP contribution in [0.15, 0.2) is 52.9 Å². The first-order valence-electron chi connectivity index (χ1n) is 6.96. The third-order valence-electron chi connectivity index (χ3n) is 3.30. The highest BCUT2D eigenvalue weighted by molar-refractivity contribution is 5.72. The SMILES string of the molecule is COCc1cccc(NC(C)c2nc3ccccc3o2)c1. The Hall–Kier alpha value is -2.33. The average Bonchev–Trinajstić information content (AvgIpc) is 2.92. The summed E-state index contributed by atoms with van der Waals surface area (Å²) in [5, 5.41) is 3.41. The number of methoxy groups -OCH3 is 1. The number of nitrogens with one attached hydrogen (secondary N) is 1. The Kier molecular flexibility index (Phi) is 3.88. The van der Waals surface area contributed by atoms with Gasteiger partial charge in [-0.15, -0.1) is 0 Å². The van der Waals surface area contributed by atoms with Crippen molar-refractivity contribution in [3.63, 3.8) is 0 Å². The van der Waals surface area contributed by atoms with Crippen LogP contribution >= 0.6 is 0 Å². The van der Waals surface area contributed by atoms with Crippen LogP contribution in [0.2, 0.25) is 0 Å². The maximum atomic E-state index is 5.78. The second kappa shape index (κ2) is 5.97. The predicted molar refractivity (Wildman–Crippen MR) is 83.2 cm³/mol. The Morgan fingerprint density at radius 3 is 2.86 bits per heavy atom. The van der Waals surface area contributed by atoms with Crippen molar-refractivity contribution in [2.24, 2.45) is 0 Å². The zero-order valence-corrected chi connectivity index (χ0v) is 12.2. The predicted octanol–water partition coefficient (Wildman–Crippen LogP) is 4.15. The van der Waals surface area contributed by atoms with E-state index >= 15 is 0 Å². The molecule has 2 aromatic carbocycles. The molecule has 0 spiro atoms. The molecule has 0 saturated heterocycles. The van der Waals surface area contributed by atoms with Gasteiger partial charge in [0.2, 0.25) is 5.89 Å². The lowest BCUT2D eigenvalue weighted by Gasteiger charge is -2.12. The van der Waals surface area contributed by atoms with Crippen molar-refractivity contribution in [2.75, 3.05) is 12.4 Å².